The lowest BCUT2D eigenvalue weighted by molar-refractivity contribution is 0.200. The molecule has 2 aromatic heterocycles. The molecule has 6 nitrogen and oxygen atoms in total. The summed E-state index contributed by atoms with van der Waals surface area (Å²) in [5.74, 6) is 3.79. The van der Waals surface area contributed by atoms with E-state index in [2.05, 4.69) is 36.1 Å². The van der Waals surface area contributed by atoms with Crippen LogP contribution < -0.4 is 0 Å². The van der Waals surface area contributed by atoms with Gasteiger partial charge in [-0.05, 0) is 51.6 Å². The van der Waals surface area contributed by atoms with Gasteiger partial charge in [-0.1, -0.05) is 0 Å². The van der Waals surface area contributed by atoms with Crippen LogP contribution in [0, 0.1) is 5.92 Å². The Labute approximate surface area is 137 Å². The van der Waals surface area contributed by atoms with Gasteiger partial charge in [-0.2, -0.15) is 0 Å². The first-order valence-corrected chi connectivity index (χ1v) is 8.93. The molecule has 2 aromatic rings. The van der Waals surface area contributed by atoms with Crippen LogP contribution in [0.4, 0.5) is 0 Å². The van der Waals surface area contributed by atoms with Crippen LogP contribution in [0.15, 0.2) is 18.7 Å². The highest BCUT2D eigenvalue weighted by molar-refractivity contribution is 5.05. The second-order valence-corrected chi connectivity index (χ2v) is 6.97. The Morgan fingerprint density at radius 1 is 1.13 bits per heavy atom. The molecule has 0 bridgehead atoms. The van der Waals surface area contributed by atoms with E-state index in [1.54, 1.807) is 0 Å². The Morgan fingerprint density at radius 3 is 2.61 bits per heavy atom. The van der Waals surface area contributed by atoms with Crippen molar-refractivity contribution in [3.8, 4) is 0 Å². The van der Waals surface area contributed by atoms with Crippen LogP contribution in [0.3, 0.4) is 0 Å². The van der Waals surface area contributed by atoms with Crippen LogP contribution in [0.25, 0.3) is 0 Å². The SMILES string of the molecule is CCn1c(Cn2ccnc2)nnc1C1CCN(CC2CC2)CC1. The highest BCUT2D eigenvalue weighted by Crippen LogP contribution is 2.33. The Bertz CT molecular complexity index is 620. The molecule has 2 fully saturated rings. The number of nitrogens with zero attached hydrogens (tertiary/aromatic N) is 6. The fraction of sp³-hybridized carbons (Fsp3) is 0.706. The number of likely N-dealkylation sites (tertiary alicyclic amines) is 1. The van der Waals surface area contributed by atoms with Crippen LogP contribution in [0.5, 0.6) is 0 Å². The molecule has 124 valence electrons. The van der Waals surface area contributed by atoms with Gasteiger partial charge in [-0.15, -0.1) is 10.2 Å². The maximum absolute atomic E-state index is 4.55. The van der Waals surface area contributed by atoms with E-state index in [0.29, 0.717) is 5.92 Å². The van der Waals surface area contributed by atoms with Gasteiger partial charge in [-0.25, -0.2) is 4.98 Å². The predicted octanol–water partition coefficient (Wildman–Crippen LogP) is 2.13. The molecule has 1 saturated heterocycles. The smallest absolute Gasteiger partial charge is 0.153 e. The maximum atomic E-state index is 4.55. The molecule has 1 aliphatic heterocycles. The van der Waals surface area contributed by atoms with E-state index in [1.807, 2.05) is 18.7 Å². The Morgan fingerprint density at radius 2 is 1.96 bits per heavy atom. The van der Waals surface area contributed by atoms with Crippen LogP contribution in [0.1, 0.15) is 50.2 Å². The van der Waals surface area contributed by atoms with Gasteiger partial charge in [0.1, 0.15) is 5.82 Å². The van der Waals surface area contributed by atoms with E-state index >= 15 is 0 Å². The molecular weight excluding hydrogens is 288 g/mol. The summed E-state index contributed by atoms with van der Waals surface area (Å²) >= 11 is 0. The van der Waals surface area contributed by atoms with Gasteiger partial charge in [0, 0.05) is 31.4 Å². The number of rotatable bonds is 6. The molecule has 0 N–H and O–H groups in total. The van der Waals surface area contributed by atoms with Crippen molar-refractivity contribution in [2.24, 2.45) is 5.92 Å². The summed E-state index contributed by atoms with van der Waals surface area (Å²) in [5.41, 5.74) is 0. The first-order valence-electron chi connectivity index (χ1n) is 8.93. The van der Waals surface area contributed by atoms with Crippen molar-refractivity contribution < 1.29 is 0 Å². The summed E-state index contributed by atoms with van der Waals surface area (Å²) in [5, 5.41) is 9.02. The predicted molar refractivity (Wildman–Crippen MR) is 88.2 cm³/mol. The van der Waals surface area contributed by atoms with Gasteiger partial charge >= 0.3 is 0 Å². The molecule has 0 radical (unpaired) electrons. The van der Waals surface area contributed by atoms with Gasteiger partial charge in [0.2, 0.25) is 0 Å². The van der Waals surface area contributed by atoms with E-state index < -0.39 is 0 Å². The lowest BCUT2D eigenvalue weighted by Gasteiger charge is -2.31. The van der Waals surface area contributed by atoms with E-state index in [0.717, 1.165) is 24.8 Å². The van der Waals surface area contributed by atoms with Gasteiger partial charge in [0.05, 0.1) is 12.9 Å². The fourth-order valence-corrected chi connectivity index (χ4v) is 3.70. The third-order valence-electron chi connectivity index (χ3n) is 5.22. The van der Waals surface area contributed by atoms with Crippen LogP contribution in [0.2, 0.25) is 0 Å². The molecule has 1 aliphatic carbocycles. The van der Waals surface area contributed by atoms with Crippen LogP contribution in [-0.4, -0.2) is 48.8 Å². The molecule has 0 spiro atoms. The molecular formula is C17H26N6. The summed E-state index contributed by atoms with van der Waals surface area (Å²) < 4.78 is 4.36. The number of aromatic nitrogens is 5. The summed E-state index contributed by atoms with van der Waals surface area (Å²) in [4.78, 5) is 6.75. The average molecular weight is 314 g/mol. The molecule has 0 amide bonds. The molecule has 0 atom stereocenters. The number of hydrogen-bond donors (Lipinski definition) is 0. The average Bonchev–Trinajstić information content (AvgIpc) is 3.09. The molecule has 3 heterocycles. The molecule has 6 heteroatoms. The molecule has 2 aliphatic rings. The van der Waals surface area contributed by atoms with Crippen LogP contribution >= 0.6 is 0 Å². The molecule has 23 heavy (non-hydrogen) atoms. The maximum Gasteiger partial charge on any atom is 0.153 e. The lowest BCUT2D eigenvalue weighted by atomic mass is 9.95. The third kappa shape index (κ3) is 3.32. The minimum Gasteiger partial charge on any atom is -0.330 e. The van der Waals surface area contributed by atoms with E-state index in [9.17, 15) is 0 Å². The minimum absolute atomic E-state index is 0.564. The Balaban J connectivity index is 1.43. The van der Waals surface area contributed by atoms with Crippen molar-refractivity contribution in [2.45, 2.75) is 51.6 Å². The second-order valence-electron chi connectivity index (χ2n) is 6.97. The summed E-state index contributed by atoms with van der Waals surface area (Å²) in [6, 6.07) is 0. The van der Waals surface area contributed by atoms with Crippen molar-refractivity contribution in [3.63, 3.8) is 0 Å². The zero-order valence-corrected chi connectivity index (χ0v) is 13.9. The van der Waals surface area contributed by atoms with Crippen molar-refractivity contribution in [2.75, 3.05) is 19.6 Å². The third-order valence-corrected chi connectivity index (χ3v) is 5.22. The quantitative estimate of drug-likeness (QED) is 0.819. The van der Waals surface area contributed by atoms with Gasteiger partial charge in [-0.3, -0.25) is 0 Å². The van der Waals surface area contributed by atoms with Gasteiger partial charge in [0.15, 0.2) is 5.82 Å². The normalized spacial score (nSPS) is 20.2. The van der Waals surface area contributed by atoms with Gasteiger partial charge < -0.3 is 14.0 Å². The summed E-state index contributed by atoms with van der Waals surface area (Å²) in [6.45, 7) is 7.63. The fourth-order valence-electron chi connectivity index (χ4n) is 3.70. The Hall–Kier alpha value is -1.69. The summed E-state index contributed by atoms with van der Waals surface area (Å²) in [6.07, 6.45) is 11.0. The van der Waals surface area contributed by atoms with E-state index in [1.165, 1.54) is 51.1 Å². The first kappa shape index (κ1) is 14.9. The van der Waals surface area contributed by atoms with Crippen molar-refractivity contribution >= 4 is 0 Å². The molecule has 1 saturated carbocycles. The van der Waals surface area contributed by atoms with Crippen molar-refractivity contribution in [3.05, 3.63) is 30.4 Å². The largest absolute Gasteiger partial charge is 0.330 e. The Kier molecular flexibility index (Phi) is 4.16. The lowest BCUT2D eigenvalue weighted by Crippen LogP contribution is -2.35. The van der Waals surface area contributed by atoms with E-state index in [4.69, 9.17) is 0 Å². The van der Waals surface area contributed by atoms with E-state index in [-0.39, 0.29) is 0 Å². The molecule has 0 aromatic carbocycles. The zero-order valence-electron chi connectivity index (χ0n) is 13.9. The highest BCUT2D eigenvalue weighted by Gasteiger charge is 2.29. The monoisotopic (exact) mass is 314 g/mol. The zero-order chi connectivity index (χ0) is 15.6. The topological polar surface area (TPSA) is 51.8 Å². The minimum atomic E-state index is 0.564. The highest BCUT2D eigenvalue weighted by atomic mass is 15.3. The van der Waals surface area contributed by atoms with Crippen molar-refractivity contribution in [1.29, 1.82) is 0 Å². The molecule has 0 unspecified atom stereocenters. The summed E-state index contributed by atoms with van der Waals surface area (Å²) in [7, 11) is 0. The van der Waals surface area contributed by atoms with Crippen molar-refractivity contribution in [1.82, 2.24) is 29.2 Å². The second kappa shape index (κ2) is 6.43. The molecule has 4 rings (SSSR count). The van der Waals surface area contributed by atoms with Gasteiger partial charge in [0.25, 0.3) is 0 Å². The number of imidazole rings is 1. The number of piperidine rings is 1. The standard InChI is InChI=1S/C17H26N6/c1-2-23-16(12-22-10-7-18-13-22)19-20-17(23)15-5-8-21(9-6-15)11-14-3-4-14/h7,10,13-15H,2-6,8-9,11-12H2,1H3. The first-order chi connectivity index (χ1) is 11.3. The number of hydrogen-bond acceptors (Lipinski definition) is 4. The van der Waals surface area contributed by atoms with Crippen LogP contribution in [-0.2, 0) is 13.1 Å².